The van der Waals surface area contributed by atoms with Gasteiger partial charge in [-0.05, 0) is 25.5 Å². The normalized spacial score (nSPS) is 12.1. The number of rotatable bonds is 5. The standard InChI is InChI=1S/C13H21NO2S/c1-10(2)14-7-8-17(15,16)13-6-5-11(3)9-12(13)4/h5-6,9-10,14H,7-8H2,1-4H3. The highest BCUT2D eigenvalue weighted by molar-refractivity contribution is 7.91. The molecule has 0 saturated carbocycles. The Morgan fingerprint density at radius 1 is 1.24 bits per heavy atom. The summed E-state index contributed by atoms with van der Waals surface area (Å²) in [5.74, 6) is 0.148. The van der Waals surface area contributed by atoms with Gasteiger partial charge in [0.2, 0.25) is 0 Å². The lowest BCUT2D eigenvalue weighted by atomic mass is 10.2. The quantitative estimate of drug-likeness (QED) is 0.876. The maximum atomic E-state index is 12.1. The lowest BCUT2D eigenvalue weighted by Crippen LogP contribution is -2.28. The minimum Gasteiger partial charge on any atom is -0.314 e. The fourth-order valence-corrected chi connectivity index (χ4v) is 3.17. The van der Waals surface area contributed by atoms with Gasteiger partial charge < -0.3 is 5.32 Å². The number of aryl methyl sites for hydroxylation is 2. The topological polar surface area (TPSA) is 46.2 Å². The third kappa shape index (κ3) is 4.13. The lowest BCUT2D eigenvalue weighted by molar-refractivity contribution is 0.577. The molecule has 0 aliphatic heterocycles. The van der Waals surface area contributed by atoms with Crippen molar-refractivity contribution in [1.29, 1.82) is 0 Å². The zero-order valence-corrected chi connectivity index (χ0v) is 11.8. The predicted molar refractivity (Wildman–Crippen MR) is 71.1 cm³/mol. The Bertz CT molecular complexity index is 478. The number of sulfone groups is 1. The number of nitrogens with one attached hydrogen (secondary N) is 1. The van der Waals surface area contributed by atoms with Crippen LogP contribution in [0.2, 0.25) is 0 Å². The van der Waals surface area contributed by atoms with Crippen LogP contribution >= 0.6 is 0 Å². The molecule has 1 aromatic rings. The maximum Gasteiger partial charge on any atom is 0.179 e. The summed E-state index contributed by atoms with van der Waals surface area (Å²) in [4.78, 5) is 0.452. The molecule has 0 bridgehead atoms. The van der Waals surface area contributed by atoms with Crippen molar-refractivity contribution >= 4 is 9.84 Å². The third-order valence-corrected chi connectivity index (χ3v) is 4.46. The van der Waals surface area contributed by atoms with Gasteiger partial charge in [-0.15, -0.1) is 0 Å². The van der Waals surface area contributed by atoms with E-state index in [4.69, 9.17) is 0 Å². The summed E-state index contributed by atoms with van der Waals surface area (Å²) in [6.07, 6.45) is 0. The number of benzene rings is 1. The molecule has 0 unspecified atom stereocenters. The molecule has 4 heteroatoms. The van der Waals surface area contributed by atoms with Gasteiger partial charge in [0, 0.05) is 12.6 Å². The molecule has 0 spiro atoms. The molecule has 17 heavy (non-hydrogen) atoms. The molecule has 1 rings (SSSR count). The Morgan fingerprint density at radius 2 is 1.88 bits per heavy atom. The van der Waals surface area contributed by atoms with Crippen LogP contribution < -0.4 is 5.32 Å². The van der Waals surface area contributed by atoms with Crippen LogP contribution in [0.15, 0.2) is 23.1 Å². The average Bonchev–Trinajstić information content (AvgIpc) is 2.15. The van der Waals surface area contributed by atoms with E-state index in [9.17, 15) is 8.42 Å². The van der Waals surface area contributed by atoms with Crippen molar-refractivity contribution in [3.8, 4) is 0 Å². The van der Waals surface area contributed by atoms with Gasteiger partial charge in [0.1, 0.15) is 0 Å². The molecule has 0 saturated heterocycles. The highest BCUT2D eigenvalue weighted by atomic mass is 32.2. The fourth-order valence-electron chi connectivity index (χ4n) is 1.74. The Labute approximate surface area is 104 Å². The van der Waals surface area contributed by atoms with Crippen molar-refractivity contribution in [2.45, 2.75) is 38.6 Å². The highest BCUT2D eigenvalue weighted by Crippen LogP contribution is 2.17. The molecule has 0 aliphatic carbocycles. The van der Waals surface area contributed by atoms with Gasteiger partial charge in [0.15, 0.2) is 9.84 Å². The summed E-state index contributed by atoms with van der Waals surface area (Å²) in [5.41, 5.74) is 1.91. The van der Waals surface area contributed by atoms with E-state index in [1.807, 2.05) is 39.8 Å². The van der Waals surface area contributed by atoms with Crippen LogP contribution in [-0.4, -0.2) is 26.8 Å². The molecular formula is C13H21NO2S. The molecule has 3 nitrogen and oxygen atoms in total. The first-order valence-electron chi connectivity index (χ1n) is 5.86. The number of hydrogen-bond acceptors (Lipinski definition) is 3. The largest absolute Gasteiger partial charge is 0.314 e. The predicted octanol–water partition coefficient (Wildman–Crippen LogP) is 2.08. The van der Waals surface area contributed by atoms with Gasteiger partial charge in [0.05, 0.1) is 10.6 Å². The summed E-state index contributed by atoms with van der Waals surface area (Å²) in [7, 11) is -3.17. The highest BCUT2D eigenvalue weighted by Gasteiger charge is 2.16. The SMILES string of the molecule is Cc1ccc(S(=O)(=O)CCNC(C)C)c(C)c1. The molecule has 0 heterocycles. The van der Waals surface area contributed by atoms with Gasteiger partial charge in [-0.1, -0.05) is 31.5 Å². The molecule has 0 amide bonds. The van der Waals surface area contributed by atoms with Gasteiger partial charge in [0.25, 0.3) is 0 Å². The molecule has 0 aromatic heterocycles. The van der Waals surface area contributed by atoms with E-state index in [1.165, 1.54) is 0 Å². The van der Waals surface area contributed by atoms with Crippen molar-refractivity contribution < 1.29 is 8.42 Å². The summed E-state index contributed by atoms with van der Waals surface area (Å²) >= 11 is 0. The van der Waals surface area contributed by atoms with E-state index in [2.05, 4.69) is 5.32 Å². The van der Waals surface area contributed by atoms with Crippen molar-refractivity contribution in [2.24, 2.45) is 0 Å². The van der Waals surface area contributed by atoms with Crippen LogP contribution in [0.25, 0.3) is 0 Å². The molecule has 0 radical (unpaired) electrons. The second-order valence-electron chi connectivity index (χ2n) is 4.70. The third-order valence-electron chi connectivity index (χ3n) is 2.59. The van der Waals surface area contributed by atoms with Gasteiger partial charge in [-0.25, -0.2) is 8.42 Å². The van der Waals surface area contributed by atoms with Gasteiger partial charge in [-0.3, -0.25) is 0 Å². The second-order valence-corrected chi connectivity index (χ2v) is 6.77. The summed E-state index contributed by atoms with van der Waals surface area (Å²) in [6, 6.07) is 5.76. The molecule has 0 atom stereocenters. The van der Waals surface area contributed by atoms with Crippen molar-refractivity contribution in [3.05, 3.63) is 29.3 Å². The van der Waals surface area contributed by atoms with E-state index >= 15 is 0 Å². The number of hydrogen-bond donors (Lipinski definition) is 1. The van der Waals surface area contributed by atoms with Crippen molar-refractivity contribution in [3.63, 3.8) is 0 Å². The Hall–Kier alpha value is -0.870. The van der Waals surface area contributed by atoms with Gasteiger partial charge >= 0.3 is 0 Å². The van der Waals surface area contributed by atoms with E-state index in [1.54, 1.807) is 6.07 Å². The lowest BCUT2D eigenvalue weighted by Gasteiger charge is -2.10. The minimum absolute atomic E-state index is 0.148. The first kappa shape index (κ1) is 14.2. The Kier molecular flexibility index (Phi) is 4.71. The van der Waals surface area contributed by atoms with Crippen molar-refractivity contribution in [1.82, 2.24) is 5.32 Å². The summed E-state index contributed by atoms with van der Waals surface area (Å²) in [6.45, 7) is 8.31. The van der Waals surface area contributed by atoms with Crippen molar-refractivity contribution in [2.75, 3.05) is 12.3 Å². The molecule has 1 N–H and O–H groups in total. The van der Waals surface area contributed by atoms with E-state index in [0.717, 1.165) is 11.1 Å². The molecule has 96 valence electrons. The van der Waals surface area contributed by atoms with Crippen LogP contribution in [0.4, 0.5) is 0 Å². The molecule has 0 aliphatic rings. The minimum atomic E-state index is -3.17. The maximum absolute atomic E-state index is 12.1. The first-order chi connectivity index (χ1) is 7.83. The van der Waals surface area contributed by atoms with E-state index in [0.29, 0.717) is 17.5 Å². The van der Waals surface area contributed by atoms with E-state index < -0.39 is 9.84 Å². The van der Waals surface area contributed by atoms with Crippen LogP contribution in [0, 0.1) is 13.8 Å². The van der Waals surface area contributed by atoms with Crippen LogP contribution in [0.5, 0.6) is 0 Å². The molecule has 0 fully saturated rings. The molecular weight excluding hydrogens is 234 g/mol. The summed E-state index contributed by atoms with van der Waals surface area (Å²) in [5, 5.41) is 3.12. The smallest absolute Gasteiger partial charge is 0.179 e. The molecule has 1 aromatic carbocycles. The van der Waals surface area contributed by atoms with Gasteiger partial charge in [-0.2, -0.15) is 0 Å². The van der Waals surface area contributed by atoms with Crippen LogP contribution in [0.1, 0.15) is 25.0 Å². The Morgan fingerprint density at radius 3 is 2.41 bits per heavy atom. The summed E-state index contributed by atoms with van der Waals surface area (Å²) < 4.78 is 24.2. The second kappa shape index (κ2) is 5.65. The average molecular weight is 255 g/mol. The first-order valence-corrected chi connectivity index (χ1v) is 7.51. The van der Waals surface area contributed by atoms with E-state index in [-0.39, 0.29) is 5.75 Å². The zero-order valence-electron chi connectivity index (χ0n) is 10.9. The Balaban J connectivity index is 2.83. The van der Waals surface area contributed by atoms with Crippen LogP contribution in [-0.2, 0) is 9.84 Å². The van der Waals surface area contributed by atoms with Crippen LogP contribution in [0.3, 0.4) is 0 Å². The zero-order chi connectivity index (χ0) is 13.1. The fraction of sp³-hybridized carbons (Fsp3) is 0.538. The monoisotopic (exact) mass is 255 g/mol.